The Morgan fingerprint density at radius 2 is 1.77 bits per heavy atom. The fourth-order valence-corrected chi connectivity index (χ4v) is 3.38. The van der Waals surface area contributed by atoms with Crippen LogP contribution < -0.4 is 5.32 Å². The minimum absolute atomic E-state index is 0.105. The molecule has 0 aliphatic rings. The molecule has 5 nitrogen and oxygen atoms in total. The molecule has 1 aromatic heterocycles. The fraction of sp³-hybridized carbons (Fsp3) is 0.211. The van der Waals surface area contributed by atoms with Gasteiger partial charge in [-0.1, -0.05) is 17.8 Å². The second-order valence-electron chi connectivity index (χ2n) is 6.09. The molecule has 1 heterocycles. The van der Waals surface area contributed by atoms with E-state index in [0.29, 0.717) is 11.0 Å². The molecule has 0 spiro atoms. The van der Waals surface area contributed by atoms with Gasteiger partial charge in [0.1, 0.15) is 5.82 Å². The van der Waals surface area contributed by atoms with Crippen molar-refractivity contribution in [1.29, 1.82) is 0 Å². The van der Waals surface area contributed by atoms with Crippen molar-refractivity contribution in [3.63, 3.8) is 0 Å². The summed E-state index contributed by atoms with van der Waals surface area (Å²) < 4.78 is 14.8. The monoisotopic (exact) mass is 370 g/mol. The Labute approximate surface area is 155 Å². The lowest BCUT2D eigenvalue weighted by molar-refractivity contribution is -0.113. The number of carbonyl (C=O) groups is 1. The molecule has 1 amide bonds. The van der Waals surface area contributed by atoms with Gasteiger partial charge in [-0.3, -0.25) is 4.79 Å². The summed E-state index contributed by atoms with van der Waals surface area (Å²) in [4.78, 5) is 12.2. The first-order chi connectivity index (χ1) is 12.4. The molecule has 0 saturated heterocycles. The predicted molar refractivity (Wildman–Crippen MR) is 102 cm³/mol. The number of nitrogens with one attached hydrogen (secondary N) is 1. The number of carbonyl (C=O) groups excluding carboxylic acids is 1. The SMILES string of the molecule is Cc1cc(C)cc(NC(=O)CSc2nnc(-c3ccc(F)cc3)n2C)c1. The van der Waals surface area contributed by atoms with Gasteiger partial charge >= 0.3 is 0 Å². The van der Waals surface area contributed by atoms with Crippen LogP contribution in [0.3, 0.4) is 0 Å². The zero-order valence-electron chi connectivity index (χ0n) is 14.8. The van der Waals surface area contributed by atoms with E-state index in [9.17, 15) is 9.18 Å². The highest BCUT2D eigenvalue weighted by Gasteiger charge is 2.13. The second kappa shape index (κ2) is 7.70. The first kappa shape index (κ1) is 18.1. The average molecular weight is 370 g/mol. The lowest BCUT2D eigenvalue weighted by Gasteiger charge is -2.07. The summed E-state index contributed by atoms with van der Waals surface area (Å²) in [6.07, 6.45) is 0. The molecule has 3 aromatic rings. The molecule has 26 heavy (non-hydrogen) atoms. The number of halogens is 1. The van der Waals surface area contributed by atoms with E-state index >= 15 is 0 Å². The minimum Gasteiger partial charge on any atom is -0.325 e. The van der Waals surface area contributed by atoms with Crippen LogP contribution >= 0.6 is 11.8 Å². The van der Waals surface area contributed by atoms with E-state index in [2.05, 4.69) is 21.6 Å². The summed E-state index contributed by atoms with van der Waals surface area (Å²) in [5.74, 6) is 0.449. The first-order valence-electron chi connectivity index (χ1n) is 8.08. The number of aryl methyl sites for hydroxylation is 2. The van der Waals surface area contributed by atoms with E-state index in [0.717, 1.165) is 22.4 Å². The number of amides is 1. The number of benzene rings is 2. The van der Waals surface area contributed by atoms with Crippen LogP contribution in [0.2, 0.25) is 0 Å². The van der Waals surface area contributed by atoms with Gasteiger partial charge in [0.25, 0.3) is 0 Å². The number of thioether (sulfide) groups is 1. The molecule has 0 radical (unpaired) electrons. The van der Waals surface area contributed by atoms with E-state index < -0.39 is 0 Å². The van der Waals surface area contributed by atoms with E-state index in [-0.39, 0.29) is 17.5 Å². The Hall–Kier alpha value is -2.67. The molecule has 2 aromatic carbocycles. The highest BCUT2D eigenvalue weighted by molar-refractivity contribution is 7.99. The molecular formula is C19H19FN4OS. The lowest BCUT2D eigenvalue weighted by Crippen LogP contribution is -2.14. The number of nitrogens with zero attached hydrogens (tertiary/aromatic N) is 3. The smallest absolute Gasteiger partial charge is 0.234 e. The zero-order chi connectivity index (χ0) is 18.7. The van der Waals surface area contributed by atoms with Gasteiger partial charge in [0.15, 0.2) is 11.0 Å². The largest absolute Gasteiger partial charge is 0.325 e. The van der Waals surface area contributed by atoms with Gasteiger partial charge in [-0.05, 0) is 61.4 Å². The van der Waals surface area contributed by atoms with Gasteiger partial charge in [-0.25, -0.2) is 4.39 Å². The number of hydrogen-bond donors (Lipinski definition) is 1. The summed E-state index contributed by atoms with van der Waals surface area (Å²) in [5.41, 5.74) is 3.77. The summed E-state index contributed by atoms with van der Waals surface area (Å²) in [5, 5.41) is 11.8. The Balaban J connectivity index is 1.64. The van der Waals surface area contributed by atoms with Crippen LogP contribution in [0.5, 0.6) is 0 Å². The molecule has 1 N–H and O–H groups in total. The lowest BCUT2D eigenvalue weighted by atomic mass is 10.1. The van der Waals surface area contributed by atoms with Gasteiger partial charge in [0.05, 0.1) is 5.75 Å². The van der Waals surface area contributed by atoms with Crippen LogP contribution in [0.4, 0.5) is 10.1 Å². The Kier molecular flexibility index (Phi) is 5.37. The zero-order valence-corrected chi connectivity index (χ0v) is 15.6. The molecule has 0 bridgehead atoms. The molecule has 134 valence electrons. The van der Waals surface area contributed by atoms with Crippen molar-refractivity contribution in [1.82, 2.24) is 14.8 Å². The van der Waals surface area contributed by atoms with Gasteiger partial charge in [0.2, 0.25) is 5.91 Å². The van der Waals surface area contributed by atoms with Crippen LogP contribution in [0.15, 0.2) is 47.6 Å². The van der Waals surface area contributed by atoms with Gasteiger partial charge in [0, 0.05) is 18.3 Å². The van der Waals surface area contributed by atoms with Crippen molar-refractivity contribution in [2.75, 3.05) is 11.1 Å². The maximum atomic E-state index is 13.1. The van der Waals surface area contributed by atoms with Crippen LogP contribution in [0, 0.1) is 19.7 Å². The van der Waals surface area contributed by atoms with E-state index in [1.165, 1.54) is 23.9 Å². The molecule has 0 aliphatic heterocycles. The fourth-order valence-electron chi connectivity index (χ4n) is 2.66. The normalized spacial score (nSPS) is 10.8. The van der Waals surface area contributed by atoms with Gasteiger partial charge in [-0.2, -0.15) is 0 Å². The summed E-state index contributed by atoms with van der Waals surface area (Å²) in [7, 11) is 1.82. The van der Waals surface area contributed by atoms with Crippen molar-refractivity contribution in [3.8, 4) is 11.4 Å². The number of hydrogen-bond acceptors (Lipinski definition) is 4. The first-order valence-corrected chi connectivity index (χ1v) is 9.07. The van der Waals surface area contributed by atoms with Crippen molar-refractivity contribution in [3.05, 3.63) is 59.4 Å². The van der Waals surface area contributed by atoms with E-state index in [1.54, 1.807) is 16.7 Å². The van der Waals surface area contributed by atoms with E-state index in [4.69, 9.17) is 0 Å². The maximum absolute atomic E-state index is 13.1. The topological polar surface area (TPSA) is 59.8 Å². The molecule has 0 fully saturated rings. The third kappa shape index (κ3) is 4.29. The van der Waals surface area contributed by atoms with Crippen LogP contribution in [0.25, 0.3) is 11.4 Å². The van der Waals surface area contributed by atoms with Crippen LogP contribution in [-0.4, -0.2) is 26.4 Å². The molecular weight excluding hydrogens is 351 g/mol. The number of rotatable bonds is 5. The Bertz CT molecular complexity index is 917. The third-order valence-corrected chi connectivity index (χ3v) is 4.80. The number of aromatic nitrogens is 3. The highest BCUT2D eigenvalue weighted by Crippen LogP contribution is 2.23. The quantitative estimate of drug-likeness (QED) is 0.691. The van der Waals surface area contributed by atoms with Crippen molar-refractivity contribution in [2.45, 2.75) is 19.0 Å². The van der Waals surface area contributed by atoms with Crippen molar-refractivity contribution < 1.29 is 9.18 Å². The molecule has 0 saturated carbocycles. The van der Waals surface area contributed by atoms with Crippen LogP contribution in [-0.2, 0) is 11.8 Å². The van der Waals surface area contributed by atoms with Gasteiger partial charge < -0.3 is 9.88 Å². The molecule has 0 aliphatic carbocycles. The molecule has 3 rings (SSSR count). The molecule has 0 atom stereocenters. The summed E-state index contributed by atoms with van der Waals surface area (Å²) in [6.45, 7) is 3.99. The van der Waals surface area contributed by atoms with E-state index in [1.807, 2.05) is 33.0 Å². The maximum Gasteiger partial charge on any atom is 0.234 e. The Morgan fingerprint density at radius 3 is 2.42 bits per heavy atom. The molecule has 0 unspecified atom stereocenters. The van der Waals surface area contributed by atoms with Crippen molar-refractivity contribution in [2.24, 2.45) is 7.05 Å². The highest BCUT2D eigenvalue weighted by atomic mass is 32.2. The summed E-state index contributed by atoms with van der Waals surface area (Å²) in [6, 6.07) is 12.0. The Morgan fingerprint density at radius 1 is 1.12 bits per heavy atom. The number of anilines is 1. The van der Waals surface area contributed by atoms with Crippen molar-refractivity contribution >= 4 is 23.4 Å². The van der Waals surface area contributed by atoms with Gasteiger partial charge in [-0.15, -0.1) is 10.2 Å². The second-order valence-corrected chi connectivity index (χ2v) is 7.03. The molecule has 7 heteroatoms. The summed E-state index contributed by atoms with van der Waals surface area (Å²) >= 11 is 1.30. The van der Waals surface area contributed by atoms with Crippen LogP contribution in [0.1, 0.15) is 11.1 Å². The predicted octanol–water partition coefficient (Wildman–Crippen LogP) is 3.97. The average Bonchev–Trinajstić information content (AvgIpc) is 2.93. The third-order valence-electron chi connectivity index (χ3n) is 3.78. The standard InChI is InChI=1S/C19H19FN4OS/c1-12-8-13(2)10-16(9-12)21-17(25)11-26-19-23-22-18(24(19)3)14-4-6-15(20)7-5-14/h4-10H,11H2,1-3H3,(H,21,25). The minimum atomic E-state index is -0.298.